The van der Waals surface area contributed by atoms with Crippen molar-refractivity contribution < 1.29 is 9.47 Å². The third kappa shape index (κ3) is 5.14. The average Bonchev–Trinajstić information content (AvgIpc) is 2.27. The third-order valence-corrected chi connectivity index (χ3v) is 2.67. The molecule has 0 saturated heterocycles. The van der Waals surface area contributed by atoms with Crippen molar-refractivity contribution in [2.45, 2.75) is 20.1 Å². The molecule has 0 aliphatic heterocycles. The highest BCUT2D eigenvalue weighted by atomic mass is 127. The molecule has 1 aromatic rings. The van der Waals surface area contributed by atoms with Gasteiger partial charge in [0.15, 0.2) is 6.29 Å². The Balaban J connectivity index is 2.41. The van der Waals surface area contributed by atoms with Gasteiger partial charge in [0.25, 0.3) is 0 Å². The lowest BCUT2D eigenvalue weighted by Crippen LogP contribution is -2.26. The van der Waals surface area contributed by atoms with Crippen molar-refractivity contribution in [3.8, 4) is 0 Å². The molecular weight excluding hydrogens is 317 g/mol. The maximum Gasteiger partial charge on any atom is 0.174 e. The fraction of sp³-hybridized carbons (Fsp3) is 0.500. The van der Waals surface area contributed by atoms with Crippen molar-refractivity contribution in [2.75, 3.05) is 25.1 Å². The highest BCUT2D eigenvalue weighted by molar-refractivity contribution is 14.1. The first-order valence-corrected chi connectivity index (χ1v) is 6.56. The van der Waals surface area contributed by atoms with Crippen LogP contribution in [-0.4, -0.2) is 26.0 Å². The molecule has 4 heteroatoms. The predicted octanol–water partition coefficient (Wildman–Crippen LogP) is 3.10. The molecule has 0 aliphatic rings. The monoisotopic (exact) mass is 335 g/mol. The van der Waals surface area contributed by atoms with Crippen molar-refractivity contribution in [1.29, 1.82) is 0 Å². The first-order chi connectivity index (χ1) is 7.76. The lowest BCUT2D eigenvalue weighted by molar-refractivity contribution is -0.126. The fourth-order valence-corrected chi connectivity index (χ4v) is 1.88. The van der Waals surface area contributed by atoms with Gasteiger partial charge < -0.3 is 14.8 Å². The second-order valence-corrected chi connectivity index (χ2v) is 4.48. The molecule has 0 spiro atoms. The summed E-state index contributed by atoms with van der Waals surface area (Å²) < 4.78 is 12.1. The maximum absolute atomic E-state index is 5.45. The number of ether oxygens (including phenoxy) is 2. The molecule has 3 nitrogen and oxygen atoms in total. The summed E-state index contributed by atoms with van der Waals surface area (Å²) in [5.74, 6) is 0. The van der Waals surface area contributed by atoms with Crippen LogP contribution in [0, 0.1) is 3.57 Å². The molecule has 0 saturated carbocycles. The van der Waals surface area contributed by atoms with E-state index in [4.69, 9.17) is 9.47 Å². The van der Waals surface area contributed by atoms with E-state index < -0.39 is 0 Å². The second-order valence-electron chi connectivity index (χ2n) is 3.23. The minimum atomic E-state index is -0.173. The van der Waals surface area contributed by atoms with Gasteiger partial charge in [0.2, 0.25) is 0 Å². The van der Waals surface area contributed by atoms with Crippen LogP contribution >= 0.6 is 22.6 Å². The van der Waals surface area contributed by atoms with Gasteiger partial charge in [-0.1, -0.05) is 6.07 Å². The Labute approximate surface area is 111 Å². The zero-order valence-corrected chi connectivity index (χ0v) is 11.9. The molecule has 1 N–H and O–H groups in total. The average molecular weight is 335 g/mol. The predicted molar refractivity (Wildman–Crippen MR) is 74.7 cm³/mol. The summed E-state index contributed by atoms with van der Waals surface area (Å²) in [6.07, 6.45) is -0.173. The van der Waals surface area contributed by atoms with E-state index in [9.17, 15) is 0 Å². The van der Waals surface area contributed by atoms with Gasteiger partial charge in [-0.3, -0.25) is 0 Å². The van der Waals surface area contributed by atoms with E-state index in [1.807, 2.05) is 26.0 Å². The number of hydrogen-bond acceptors (Lipinski definition) is 3. The van der Waals surface area contributed by atoms with Crippen LogP contribution in [-0.2, 0) is 9.47 Å². The SMILES string of the molecule is CCOC(CNc1cccc(I)c1)OCC. The number of halogens is 1. The van der Waals surface area contributed by atoms with Crippen molar-refractivity contribution in [3.63, 3.8) is 0 Å². The summed E-state index contributed by atoms with van der Waals surface area (Å²) in [6.45, 7) is 5.94. The standard InChI is InChI=1S/C12H18INO2/c1-3-15-12(16-4-2)9-14-11-7-5-6-10(13)8-11/h5-8,12,14H,3-4,9H2,1-2H3. The number of anilines is 1. The van der Waals surface area contributed by atoms with Crippen LogP contribution in [0.3, 0.4) is 0 Å². The van der Waals surface area contributed by atoms with E-state index in [0.29, 0.717) is 19.8 Å². The van der Waals surface area contributed by atoms with Gasteiger partial charge >= 0.3 is 0 Å². The fourth-order valence-electron chi connectivity index (χ4n) is 1.34. The van der Waals surface area contributed by atoms with Gasteiger partial charge in [-0.15, -0.1) is 0 Å². The molecule has 0 fully saturated rings. The normalized spacial score (nSPS) is 10.8. The maximum atomic E-state index is 5.45. The van der Waals surface area contributed by atoms with Crippen LogP contribution in [0.5, 0.6) is 0 Å². The smallest absolute Gasteiger partial charge is 0.174 e. The van der Waals surface area contributed by atoms with E-state index in [0.717, 1.165) is 5.69 Å². The molecular formula is C12H18INO2. The van der Waals surface area contributed by atoms with E-state index in [2.05, 4.69) is 40.0 Å². The van der Waals surface area contributed by atoms with Gasteiger partial charge in [-0.2, -0.15) is 0 Å². The summed E-state index contributed by atoms with van der Waals surface area (Å²) in [5.41, 5.74) is 1.09. The first kappa shape index (κ1) is 13.7. The molecule has 0 unspecified atom stereocenters. The Morgan fingerprint density at radius 1 is 1.25 bits per heavy atom. The van der Waals surface area contributed by atoms with Gasteiger partial charge in [0, 0.05) is 22.5 Å². The Morgan fingerprint density at radius 2 is 1.94 bits per heavy atom. The summed E-state index contributed by atoms with van der Waals surface area (Å²) in [7, 11) is 0. The molecule has 0 aliphatic carbocycles. The van der Waals surface area contributed by atoms with Gasteiger partial charge in [0.05, 0.1) is 6.54 Å². The molecule has 1 rings (SSSR count). The zero-order chi connectivity index (χ0) is 11.8. The topological polar surface area (TPSA) is 30.5 Å². The number of rotatable bonds is 7. The molecule has 0 heterocycles. The molecule has 90 valence electrons. The molecule has 16 heavy (non-hydrogen) atoms. The highest BCUT2D eigenvalue weighted by Crippen LogP contribution is 2.12. The molecule has 0 amide bonds. The molecule has 0 aromatic heterocycles. The highest BCUT2D eigenvalue weighted by Gasteiger charge is 2.06. The molecule has 0 atom stereocenters. The Bertz CT molecular complexity index is 301. The number of nitrogens with one attached hydrogen (secondary N) is 1. The Kier molecular flexibility index (Phi) is 6.75. The van der Waals surface area contributed by atoms with E-state index >= 15 is 0 Å². The summed E-state index contributed by atoms with van der Waals surface area (Å²) in [6, 6.07) is 8.22. The van der Waals surface area contributed by atoms with E-state index in [1.54, 1.807) is 0 Å². The number of hydrogen-bond donors (Lipinski definition) is 1. The lowest BCUT2D eigenvalue weighted by Gasteiger charge is -2.18. The van der Waals surface area contributed by atoms with Crippen LogP contribution in [0.1, 0.15) is 13.8 Å². The molecule has 1 aromatic carbocycles. The zero-order valence-electron chi connectivity index (χ0n) is 9.70. The lowest BCUT2D eigenvalue weighted by atomic mass is 10.3. The van der Waals surface area contributed by atoms with Crippen LogP contribution in [0.2, 0.25) is 0 Å². The van der Waals surface area contributed by atoms with Gasteiger partial charge in [-0.05, 0) is 54.6 Å². The summed E-state index contributed by atoms with van der Waals surface area (Å²) >= 11 is 2.29. The third-order valence-electron chi connectivity index (χ3n) is 2.00. The minimum Gasteiger partial charge on any atom is -0.380 e. The van der Waals surface area contributed by atoms with Crippen molar-refractivity contribution >= 4 is 28.3 Å². The van der Waals surface area contributed by atoms with Crippen molar-refractivity contribution in [1.82, 2.24) is 0 Å². The quantitative estimate of drug-likeness (QED) is 0.614. The van der Waals surface area contributed by atoms with Crippen LogP contribution in [0.15, 0.2) is 24.3 Å². The second kappa shape index (κ2) is 7.86. The van der Waals surface area contributed by atoms with Crippen molar-refractivity contribution in [2.24, 2.45) is 0 Å². The van der Waals surface area contributed by atoms with E-state index in [1.165, 1.54) is 3.57 Å². The van der Waals surface area contributed by atoms with Gasteiger partial charge in [-0.25, -0.2) is 0 Å². The number of benzene rings is 1. The Morgan fingerprint density at radius 3 is 2.50 bits per heavy atom. The summed E-state index contributed by atoms with van der Waals surface area (Å²) in [5, 5.41) is 3.30. The molecule has 0 radical (unpaired) electrons. The van der Waals surface area contributed by atoms with Crippen LogP contribution in [0.4, 0.5) is 5.69 Å². The van der Waals surface area contributed by atoms with E-state index in [-0.39, 0.29) is 6.29 Å². The molecule has 0 bridgehead atoms. The van der Waals surface area contributed by atoms with Crippen LogP contribution < -0.4 is 5.32 Å². The Hall–Kier alpha value is -0.330. The minimum absolute atomic E-state index is 0.173. The van der Waals surface area contributed by atoms with Crippen LogP contribution in [0.25, 0.3) is 0 Å². The van der Waals surface area contributed by atoms with Gasteiger partial charge in [0.1, 0.15) is 0 Å². The first-order valence-electron chi connectivity index (χ1n) is 5.49. The largest absolute Gasteiger partial charge is 0.380 e. The summed E-state index contributed by atoms with van der Waals surface area (Å²) in [4.78, 5) is 0. The van der Waals surface area contributed by atoms with Crippen molar-refractivity contribution in [3.05, 3.63) is 27.8 Å².